The Bertz CT molecular complexity index is 1120. The maximum absolute atomic E-state index is 6.17. The number of rotatable bonds is 2. The zero-order chi connectivity index (χ0) is 20.1. The van der Waals surface area contributed by atoms with Crippen LogP contribution in [0.3, 0.4) is 0 Å². The zero-order valence-electron chi connectivity index (χ0n) is 16.3. The van der Waals surface area contributed by atoms with Gasteiger partial charge in [-0.25, -0.2) is 0 Å². The van der Waals surface area contributed by atoms with Gasteiger partial charge in [-0.05, 0) is 82.3 Å². The van der Waals surface area contributed by atoms with E-state index in [1.54, 1.807) is 0 Å². The van der Waals surface area contributed by atoms with E-state index in [2.05, 4.69) is 67.7 Å². The van der Waals surface area contributed by atoms with Crippen molar-refractivity contribution in [3.8, 4) is 0 Å². The largest absolute Gasteiger partial charge is 0.295 e. The Morgan fingerprint density at radius 2 is 1.00 bits per heavy atom. The van der Waals surface area contributed by atoms with E-state index in [0.717, 1.165) is 10.0 Å². The molecule has 2 atom stereocenters. The fourth-order valence-corrected chi connectivity index (χ4v) is 4.85. The fourth-order valence-electron chi connectivity index (χ4n) is 4.60. The third-order valence-electron chi connectivity index (χ3n) is 6.02. The van der Waals surface area contributed by atoms with Crippen molar-refractivity contribution < 1.29 is 0 Å². The molecule has 1 nitrogen and oxygen atoms in total. The van der Waals surface area contributed by atoms with Crippen LogP contribution < -0.4 is 5.32 Å². The van der Waals surface area contributed by atoms with Crippen molar-refractivity contribution in [2.24, 2.45) is 0 Å². The number of hydrogen-bond donors (Lipinski definition) is 1. The maximum Gasteiger partial charge on any atom is 0.0592 e. The molecule has 0 spiro atoms. The van der Waals surface area contributed by atoms with Gasteiger partial charge in [0.15, 0.2) is 0 Å². The summed E-state index contributed by atoms with van der Waals surface area (Å²) in [6.07, 6.45) is 0. The van der Waals surface area contributed by atoms with Crippen LogP contribution in [0.2, 0.25) is 10.0 Å². The van der Waals surface area contributed by atoms with E-state index in [-0.39, 0.29) is 12.1 Å². The SMILES string of the molecule is Cc1ccc2ccc(C)c3c2c1C(c1ccc(Cl)cc1)NC3c1ccc(Cl)cc1. The third-order valence-corrected chi connectivity index (χ3v) is 6.52. The first-order valence-electron chi connectivity index (χ1n) is 9.82. The highest BCUT2D eigenvalue weighted by atomic mass is 35.5. The molecule has 0 saturated heterocycles. The first kappa shape index (κ1) is 18.7. The summed E-state index contributed by atoms with van der Waals surface area (Å²) in [6, 6.07) is 25.5. The van der Waals surface area contributed by atoms with Crippen LogP contribution in [0.5, 0.6) is 0 Å². The number of nitrogens with one attached hydrogen (secondary N) is 1. The number of hydrogen-bond acceptors (Lipinski definition) is 1. The average Bonchev–Trinajstić information content (AvgIpc) is 2.73. The van der Waals surface area contributed by atoms with E-state index in [0.29, 0.717) is 0 Å². The molecule has 0 bridgehead atoms. The fraction of sp³-hybridized carbons (Fsp3) is 0.154. The van der Waals surface area contributed by atoms with Gasteiger partial charge in [0, 0.05) is 10.0 Å². The molecular weight excluding hydrogens is 397 g/mol. The van der Waals surface area contributed by atoms with E-state index in [4.69, 9.17) is 23.2 Å². The quantitative estimate of drug-likeness (QED) is 0.354. The lowest BCUT2D eigenvalue weighted by atomic mass is 9.79. The van der Waals surface area contributed by atoms with E-state index >= 15 is 0 Å². The number of benzene rings is 4. The van der Waals surface area contributed by atoms with Crippen LogP contribution >= 0.6 is 23.2 Å². The second-order valence-corrected chi connectivity index (χ2v) is 8.70. The van der Waals surface area contributed by atoms with Gasteiger partial charge in [-0.2, -0.15) is 0 Å². The lowest BCUT2D eigenvalue weighted by Gasteiger charge is -2.36. The molecular formula is C26H21Cl2N. The summed E-state index contributed by atoms with van der Waals surface area (Å²) in [4.78, 5) is 0. The Morgan fingerprint density at radius 3 is 1.41 bits per heavy atom. The van der Waals surface area contributed by atoms with Crippen LogP contribution in [-0.4, -0.2) is 0 Å². The van der Waals surface area contributed by atoms with Crippen molar-refractivity contribution >= 4 is 34.0 Å². The van der Waals surface area contributed by atoms with Crippen molar-refractivity contribution in [3.05, 3.63) is 116 Å². The predicted octanol–water partition coefficient (Wildman–Crippen LogP) is 7.55. The minimum Gasteiger partial charge on any atom is -0.295 e. The van der Waals surface area contributed by atoms with E-state index < -0.39 is 0 Å². The van der Waals surface area contributed by atoms with E-state index in [9.17, 15) is 0 Å². The molecule has 1 heterocycles. The average molecular weight is 418 g/mol. The molecule has 1 N–H and O–H groups in total. The van der Waals surface area contributed by atoms with Crippen molar-refractivity contribution in [1.82, 2.24) is 5.32 Å². The van der Waals surface area contributed by atoms with Gasteiger partial charge in [0.2, 0.25) is 0 Å². The molecule has 0 aromatic heterocycles. The van der Waals surface area contributed by atoms with Crippen molar-refractivity contribution in [2.45, 2.75) is 25.9 Å². The third kappa shape index (κ3) is 3.14. The van der Waals surface area contributed by atoms with Gasteiger partial charge in [0.25, 0.3) is 0 Å². The summed E-state index contributed by atoms with van der Waals surface area (Å²) in [5.41, 5.74) is 7.74. The standard InChI is InChI=1S/C26H21Cl2N/c1-15-3-5-17-6-4-16(2)23-24(17)22(15)25(18-7-11-20(27)12-8-18)29-26(23)19-9-13-21(28)14-10-19/h3-14,25-26,29H,1-2H3. The summed E-state index contributed by atoms with van der Waals surface area (Å²) >= 11 is 12.3. The Balaban J connectivity index is 1.82. The van der Waals surface area contributed by atoms with E-state index in [1.165, 1.54) is 44.2 Å². The van der Waals surface area contributed by atoms with Gasteiger partial charge >= 0.3 is 0 Å². The lowest BCUT2D eigenvalue weighted by molar-refractivity contribution is 0.528. The van der Waals surface area contributed by atoms with Crippen LogP contribution in [0, 0.1) is 13.8 Å². The number of aryl methyl sites for hydroxylation is 2. The first-order valence-corrected chi connectivity index (χ1v) is 10.6. The maximum atomic E-state index is 6.17. The molecule has 1 aliphatic heterocycles. The second-order valence-electron chi connectivity index (χ2n) is 7.83. The molecule has 5 rings (SSSR count). The highest BCUT2D eigenvalue weighted by Gasteiger charge is 2.32. The molecule has 4 aromatic carbocycles. The van der Waals surface area contributed by atoms with Gasteiger partial charge < -0.3 is 0 Å². The zero-order valence-corrected chi connectivity index (χ0v) is 17.9. The molecule has 0 fully saturated rings. The highest BCUT2D eigenvalue weighted by Crippen LogP contribution is 2.44. The molecule has 144 valence electrons. The van der Waals surface area contributed by atoms with Gasteiger partial charge in [-0.15, -0.1) is 0 Å². The summed E-state index contributed by atoms with van der Waals surface area (Å²) in [7, 11) is 0. The van der Waals surface area contributed by atoms with Crippen molar-refractivity contribution in [3.63, 3.8) is 0 Å². The highest BCUT2D eigenvalue weighted by molar-refractivity contribution is 6.30. The van der Waals surface area contributed by atoms with Crippen LogP contribution in [0.1, 0.15) is 45.5 Å². The van der Waals surface area contributed by atoms with Crippen molar-refractivity contribution in [2.75, 3.05) is 0 Å². The van der Waals surface area contributed by atoms with Crippen molar-refractivity contribution in [1.29, 1.82) is 0 Å². The molecule has 0 aliphatic carbocycles. The minimum atomic E-state index is 0.0888. The van der Waals surface area contributed by atoms with Crippen LogP contribution in [0.15, 0.2) is 72.8 Å². The Kier molecular flexibility index (Phi) is 4.63. The molecule has 1 aliphatic rings. The summed E-state index contributed by atoms with van der Waals surface area (Å²) in [6.45, 7) is 4.40. The minimum absolute atomic E-state index is 0.0888. The molecule has 0 saturated carbocycles. The number of halogens is 2. The molecule has 2 unspecified atom stereocenters. The van der Waals surface area contributed by atoms with Crippen LogP contribution in [0.4, 0.5) is 0 Å². The molecule has 0 amide bonds. The molecule has 3 heteroatoms. The second kappa shape index (κ2) is 7.18. The van der Waals surface area contributed by atoms with E-state index in [1.807, 2.05) is 24.3 Å². The topological polar surface area (TPSA) is 12.0 Å². The lowest BCUT2D eigenvalue weighted by Crippen LogP contribution is -2.33. The monoisotopic (exact) mass is 417 g/mol. The predicted molar refractivity (Wildman–Crippen MR) is 123 cm³/mol. The Labute approximate surface area is 181 Å². The first-order chi connectivity index (χ1) is 14.0. The summed E-state index contributed by atoms with van der Waals surface area (Å²) in [5.74, 6) is 0. The molecule has 0 radical (unpaired) electrons. The molecule has 4 aromatic rings. The van der Waals surface area contributed by atoms with Crippen LogP contribution in [0.25, 0.3) is 10.8 Å². The normalized spacial score (nSPS) is 18.2. The smallest absolute Gasteiger partial charge is 0.0592 e. The van der Waals surface area contributed by atoms with Gasteiger partial charge in [0.1, 0.15) is 0 Å². The summed E-state index contributed by atoms with van der Waals surface area (Å²) < 4.78 is 0. The van der Waals surface area contributed by atoms with Gasteiger partial charge in [0.05, 0.1) is 12.1 Å². The molecule has 29 heavy (non-hydrogen) atoms. The Hall–Kier alpha value is -2.32. The van der Waals surface area contributed by atoms with Gasteiger partial charge in [-0.3, -0.25) is 5.32 Å². The van der Waals surface area contributed by atoms with Gasteiger partial charge in [-0.1, -0.05) is 71.7 Å². The van der Waals surface area contributed by atoms with Crippen LogP contribution in [-0.2, 0) is 0 Å². The Morgan fingerprint density at radius 1 is 0.586 bits per heavy atom. The summed E-state index contributed by atoms with van der Waals surface area (Å²) in [5, 5.41) is 8.09.